The largest absolute Gasteiger partial charge is 0.399 e. The van der Waals surface area contributed by atoms with Gasteiger partial charge in [-0.05, 0) is 43.5 Å². The third-order valence-corrected chi connectivity index (χ3v) is 3.62. The first kappa shape index (κ1) is 11.7. The number of anilines is 1. The summed E-state index contributed by atoms with van der Waals surface area (Å²) in [4.78, 5) is 0. The van der Waals surface area contributed by atoms with Gasteiger partial charge < -0.3 is 11.1 Å². The van der Waals surface area contributed by atoms with Gasteiger partial charge in [0.2, 0.25) is 0 Å². The number of benzene rings is 1. The van der Waals surface area contributed by atoms with Crippen molar-refractivity contribution in [2.24, 2.45) is 0 Å². The smallest absolute Gasteiger partial charge is 0.0429 e. The molecule has 1 aromatic rings. The molecule has 0 radical (unpaired) electrons. The molecule has 1 aliphatic rings. The second-order valence-electron chi connectivity index (χ2n) is 5.01. The molecule has 1 aliphatic carbocycles. The molecule has 1 fully saturated rings. The van der Waals surface area contributed by atoms with Crippen LogP contribution < -0.4 is 11.1 Å². The molecule has 1 aromatic carbocycles. The number of nitrogen functional groups attached to an aromatic ring is 1. The fourth-order valence-corrected chi connectivity index (χ4v) is 2.69. The predicted octanol–water partition coefficient (Wildman–Crippen LogP) is 3.34. The Hall–Kier alpha value is -0.730. The van der Waals surface area contributed by atoms with Crippen LogP contribution in [0.3, 0.4) is 0 Å². The lowest BCUT2D eigenvalue weighted by Crippen LogP contribution is -2.38. The molecule has 0 aromatic heterocycles. The summed E-state index contributed by atoms with van der Waals surface area (Å²) in [6, 6.07) is 5.74. The van der Waals surface area contributed by atoms with Crippen LogP contribution in [0.1, 0.15) is 38.2 Å². The van der Waals surface area contributed by atoms with Crippen LogP contribution in [-0.2, 0) is 6.54 Å². The highest BCUT2D eigenvalue weighted by molar-refractivity contribution is 6.30. The van der Waals surface area contributed by atoms with Crippen molar-refractivity contribution in [3.63, 3.8) is 0 Å². The third kappa shape index (κ3) is 2.89. The SMILES string of the molecule is CC1(NCc2cc(N)cc(Cl)c2)CCCC1. The topological polar surface area (TPSA) is 38.0 Å². The van der Waals surface area contributed by atoms with Crippen molar-refractivity contribution in [2.75, 3.05) is 5.73 Å². The Kier molecular flexibility index (Phi) is 3.41. The molecule has 0 bridgehead atoms. The highest BCUT2D eigenvalue weighted by atomic mass is 35.5. The number of halogens is 1. The van der Waals surface area contributed by atoms with E-state index in [1.807, 2.05) is 12.1 Å². The van der Waals surface area contributed by atoms with Gasteiger partial charge in [0.15, 0.2) is 0 Å². The third-order valence-electron chi connectivity index (χ3n) is 3.41. The molecule has 16 heavy (non-hydrogen) atoms. The molecule has 0 amide bonds. The number of rotatable bonds is 3. The summed E-state index contributed by atoms with van der Waals surface area (Å²) in [5.41, 5.74) is 7.97. The van der Waals surface area contributed by atoms with Crippen molar-refractivity contribution >= 4 is 17.3 Å². The molecule has 3 N–H and O–H groups in total. The molecule has 0 aliphatic heterocycles. The minimum Gasteiger partial charge on any atom is -0.399 e. The van der Waals surface area contributed by atoms with Gasteiger partial charge in [0.1, 0.15) is 0 Å². The molecule has 0 heterocycles. The van der Waals surface area contributed by atoms with Gasteiger partial charge in [0.05, 0.1) is 0 Å². The summed E-state index contributed by atoms with van der Waals surface area (Å²) in [7, 11) is 0. The van der Waals surface area contributed by atoms with Crippen molar-refractivity contribution in [3.05, 3.63) is 28.8 Å². The normalized spacial score (nSPS) is 18.9. The van der Waals surface area contributed by atoms with Crippen LogP contribution in [0.4, 0.5) is 5.69 Å². The Bertz CT molecular complexity index is 350. The van der Waals surface area contributed by atoms with Gasteiger partial charge in [-0.3, -0.25) is 0 Å². The van der Waals surface area contributed by atoms with E-state index in [0.29, 0.717) is 10.6 Å². The first-order chi connectivity index (χ1) is 7.57. The van der Waals surface area contributed by atoms with E-state index in [0.717, 1.165) is 17.8 Å². The molecule has 3 heteroatoms. The van der Waals surface area contributed by atoms with E-state index in [-0.39, 0.29) is 0 Å². The van der Waals surface area contributed by atoms with E-state index in [9.17, 15) is 0 Å². The van der Waals surface area contributed by atoms with Gasteiger partial charge in [0.25, 0.3) is 0 Å². The minimum absolute atomic E-state index is 0.303. The first-order valence-electron chi connectivity index (χ1n) is 5.87. The quantitative estimate of drug-likeness (QED) is 0.793. The maximum Gasteiger partial charge on any atom is 0.0429 e. The lowest BCUT2D eigenvalue weighted by atomic mass is 10.0. The van der Waals surface area contributed by atoms with E-state index in [2.05, 4.69) is 12.2 Å². The molecule has 1 saturated carbocycles. The number of hydrogen-bond donors (Lipinski definition) is 2. The van der Waals surface area contributed by atoms with Crippen LogP contribution in [-0.4, -0.2) is 5.54 Å². The molecule has 88 valence electrons. The van der Waals surface area contributed by atoms with Crippen molar-refractivity contribution in [1.29, 1.82) is 0 Å². The van der Waals surface area contributed by atoms with Crippen LogP contribution in [0.25, 0.3) is 0 Å². The van der Waals surface area contributed by atoms with E-state index in [1.54, 1.807) is 6.07 Å². The highest BCUT2D eigenvalue weighted by Gasteiger charge is 2.27. The van der Waals surface area contributed by atoms with Crippen LogP contribution in [0.15, 0.2) is 18.2 Å². The average molecular weight is 239 g/mol. The maximum atomic E-state index is 5.97. The molecular weight excluding hydrogens is 220 g/mol. The molecule has 2 rings (SSSR count). The molecule has 0 spiro atoms. The first-order valence-corrected chi connectivity index (χ1v) is 6.25. The Morgan fingerprint density at radius 1 is 1.31 bits per heavy atom. The molecular formula is C13H19ClN2. The van der Waals surface area contributed by atoms with Crippen LogP contribution in [0.2, 0.25) is 5.02 Å². The second kappa shape index (κ2) is 4.64. The zero-order valence-electron chi connectivity index (χ0n) is 9.72. The van der Waals surface area contributed by atoms with Gasteiger partial charge in [-0.2, -0.15) is 0 Å². The lowest BCUT2D eigenvalue weighted by molar-refractivity contribution is 0.363. The summed E-state index contributed by atoms with van der Waals surface area (Å²) in [5, 5.41) is 4.33. The molecule has 2 nitrogen and oxygen atoms in total. The highest BCUT2D eigenvalue weighted by Crippen LogP contribution is 2.29. The summed E-state index contributed by atoms with van der Waals surface area (Å²) in [6.45, 7) is 3.15. The standard InChI is InChI=1S/C13H19ClN2/c1-13(4-2-3-5-13)16-9-10-6-11(14)8-12(15)7-10/h6-8,16H,2-5,9,15H2,1H3. The van der Waals surface area contributed by atoms with Crippen LogP contribution in [0, 0.1) is 0 Å². The Labute approximate surface area is 102 Å². The minimum atomic E-state index is 0.303. The average Bonchev–Trinajstić information content (AvgIpc) is 2.62. The molecule has 0 unspecified atom stereocenters. The summed E-state index contributed by atoms with van der Waals surface area (Å²) < 4.78 is 0. The zero-order chi connectivity index (χ0) is 11.6. The fraction of sp³-hybridized carbons (Fsp3) is 0.538. The molecule has 0 atom stereocenters. The maximum absolute atomic E-state index is 5.97. The number of hydrogen-bond acceptors (Lipinski definition) is 2. The Balaban J connectivity index is 1.98. The van der Waals surface area contributed by atoms with E-state index < -0.39 is 0 Å². The predicted molar refractivity (Wildman–Crippen MR) is 69.6 cm³/mol. The van der Waals surface area contributed by atoms with Crippen LogP contribution >= 0.6 is 11.6 Å². The van der Waals surface area contributed by atoms with Gasteiger partial charge >= 0.3 is 0 Å². The Morgan fingerprint density at radius 3 is 2.62 bits per heavy atom. The van der Waals surface area contributed by atoms with E-state index in [4.69, 9.17) is 17.3 Å². The summed E-state index contributed by atoms with van der Waals surface area (Å²) in [6.07, 6.45) is 5.20. The number of nitrogens with two attached hydrogens (primary N) is 1. The van der Waals surface area contributed by atoms with E-state index >= 15 is 0 Å². The van der Waals surface area contributed by atoms with Crippen molar-refractivity contribution in [2.45, 2.75) is 44.7 Å². The second-order valence-corrected chi connectivity index (χ2v) is 5.45. The van der Waals surface area contributed by atoms with Crippen LogP contribution in [0.5, 0.6) is 0 Å². The monoisotopic (exact) mass is 238 g/mol. The van der Waals surface area contributed by atoms with Crippen molar-refractivity contribution < 1.29 is 0 Å². The summed E-state index contributed by atoms with van der Waals surface area (Å²) >= 11 is 5.97. The van der Waals surface area contributed by atoms with Crippen molar-refractivity contribution in [3.8, 4) is 0 Å². The zero-order valence-corrected chi connectivity index (χ0v) is 10.5. The number of nitrogens with one attached hydrogen (secondary N) is 1. The Morgan fingerprint density at radius 2 is 2.00 bits per heavy atom. The summed E-state index contributed by atoms with van der Waals surface area (Å²) in [5.74, 6) is 0. The fourth-order valence-electron chi connectivity index (χ4n) is 2.43. The molecule has 0 saturated heterocycles. The van der Waals surface area contributed by atoms with Crippen molar-refractivity contribution in [1.82, 2.24) is 5.32 Å². The van der Waals surface area contributed by atoms with Gasteiger partial charge in [-0.25, -0.2) is 0 Å². The van der Waals surface area contributed by atoms with Gasteiger partial charge in [0, 0.05) is 22.8 Å². The lowest BCUT2D eigenvalue weighted by Gasteiger charge is -2.25. The van der Waals surface area contributed by atoms with Gasteiger partial charge in [-0.1, -0.05) is 24.4 Å². The van der Waals surface area contributed by atoms with E-state index in [1.165, 1.54) is 25.7 Å². The van der Waals surface area contributed by atoms with Gasteiger partial charge in [-0.15, -0.1) is 0 Å².